The van der Waals surface area contributed by atoms with Gasteiger partial charge in [0.2, 0.25) is 0 Å². The number of aliphatic hydroxyl groups is 1. The summed E-state index contributed by atoms with van der Waals surface area (Å²) in [5.74, 6) is -0.126. The molecule has 1 saturated heterocycles. The van der Waals surface area contributed by atoms with Crippen LogP contribution >= 0.6 is 0 Å². The molecule has 2 heterocycles. The summed E-state index contributed by atoms with van der Waals surface area (Å²) in [6.45, 7) is 1.14. The Labute approximate surface area is 116 Å². The van der Waals surface area contributed by atoms with Crippen LogP contribution in [0, 0.1) is 0 Å². The summed E-state index contributed by atoms with van der Waals surface area (Å²) < 4.78 is 1.59. The Kier molecular flexibility index (Phi) is 3.47. The van der Waals surface area contributed by atoms with Gasteiger partial charge in [-0.3, -0.25) is 4.79 Å². The topological polar surface area (TPSA) is 71.2 Å². The largest absolute Gasteiger partial charge is 0.393 e. The minimum atomic E-state index is -0.293. The number of hydrogen-bond acceptors (Lipinski definition) is 4. The van der Waals surface area contributed by atoms with Gasteiger partial charge in [0.1, 0.15) is 0 Å². The number of amides is 1. The Hall–Kier alpha value is -2.21. The summed E-state index contributed by atoms with van der Waals surface area (Å²) in [6, 6.07) is 9.54. The smallest absolute Gasteiger partial charge is 0.276 e. The van der Waals surface area contributed by atoms with Crippen molar-refractivity contribution >= 4 is 5.91 Å². The maximum atomic E-state index is 12.3. The van der Waals surface area contributed by atoms with E-state index in [2.05, 4.69) is 10.3 Å². The Morgan fingerprint density at radius 1 is 1.20 bits per heavy atom. The van der Waals surface area contributed by atoms with E-state index in [1.165, 1.54) is 0 Å². The van der Waals surface area contributed by atoms with Crippen LogP contribution in [0.4, 0.5) is 0 Å². The molecule has 1 aliphatic rings. The van der Waals surface area contributed by atoms with Crippen molar-refractivity contribution in [2.45, 2.75) is 18.9 Å². The summed E-state index contributed by atoms with van der Waals surface area (Å²) >= 11 is 0. The number of aliphatic hydroxyl groups excluding tert-OH is 1. The molecule has 6 nitrogen and oxygen atoms in total. The van der Waals surface area contributed by atoms with Gasteiger partial charge in [0, 0.05) is 13.1 Å². The van der Waals surface area contributed by atoms with Gasteiger partial charge in [-0.1, -0.05) is 23.4 Å². The minimum absolute atomic E-state index is 0.126. The van der Waals surface area contributed by atoms with Gasteiger partial charge in [0.25, 0.3) is 5.91 Å². The van der Waals surface area contributed by atoms with Gasteiger partial charge < -0.3 is 10.0 Å². The van der Waals surface area contributed by atoms with Gasteiger partial charge in [-0.05, 0) is 25.0 Å². The monoisotopic (exact) mass is 272 g/mol. The molecule has 1 N–H and O–H groups in total. The molecule has 0 unspecified atom stereocenters. The zero-order valence-corrected chi connectivity index (χ0v) is 11.0. The molecule has 1 amide bonds. The van der Waals surface area contributed by atoms with Crippen LogP contribution in [0.1, 0.15) is 23.3 Å². The molecule has 104 valence electrons. The van der Waals surface area contributed by atoms with Gasteiger partial charge in [0.15, 0.2) is 5.69 Å². The first-order valence-corrected chi connectivity index (χ1v) is 6.69. The van der Waals surface area contributed by atoms with E-state index in [0.717, 1.165) is 5.69 Å². The predicted molar refractivity (Wildman–Crippen MR) is 72.5 cm³/mol. The van der Waals surface area contributed by atoms with Crippen molar-refractivity contribution in [1.82, 2.24) is 19.9 Å². The molecule has 0 spiro atoms. The van der Waals surface area contributed by atoms with Crippen LogP contribution in [-0.4, -0.2) is 50.1 Å². The summed E-state index contributed by atoms with van der Waals surface area (Å²) in [7, 11) is 0. The van der Waals surface area contributed by atoms with Crippen LogP contribution in [0.2, 0.25) is 0 Å². The number of piperidine rings is 1. The average Bonchev–Trinajstić information content (AvgIpc) is 2.98. The highest BCUT2D eigenvalue weighted by Crippen LogP contribution is 2.13. The molecule has 0 saturated carbocycles. The molecule has 0 radical (unpaired) electrons. The van der Waals surface area contributed by atoms with Gasteiger partial charge in [-0.15, -0.1) is 5.10 Å². The number of hydrogen-bond donors (Lipinski definition) is 1. The maximum absolute atomic E-state index is 12.3. The zero-order valence-electron chi connectivity index (χ0n) is 11.0. The third kappa shape index (κ3) is 2.55. The molecule has 1 aromatic carbocycles. The molecule has 2 aromatic rings. The van der Waals surface area contributed by atoms with Gasteiger partial charge in [-0.2, -0.15) is 0 Å². The second kappa shape index (κ2) is 5.42. The lowest BCUT2D eigenvalue weighted by atomic mass is 10.1. The summed E-state index contributed by atoms with van der Waals surface area (Å²) in [5.41, 5.74) is 1.21. The van der Waals surface area contributed by atoms with Crippen LogP contribution in [0.5, 0.6) is 0 Å². The normalized spacial score (nSPS) is 16.4. The van der Waals surface area contributed by atoms with Gasteiger partial charge in [0.05, 0.1) is 18.0 Å². The molecule has 0 aliphatic carbocycles. The average molecular weight is 272 g/mol. The number of para-hydroxylation sites is 1. The van der Waals surface area contributed by atoms with E-state index in [1.54, 1.807) is 15.8 Å². The number of carbonyl (C=O) groups is 1. The standard InChI is InChI=1S/C14H16N4O2/c19-12-6-8-17(9-7-12)14(20)13-10-18(16-15-13)11-4-2-1-3-5-11/h1-5,10,12,19H,6-9H2. The highest BCUT2D eigenvalue weighted by Gasteiger charge is 2.24. The fourth-order valence-electron chi connectivity index (χ4n) is 2.30. The van der Waals surface area contributed by atoms with Crippen molar-refractivity contribution in [3.05, 3.63) is 42.2 Å². The number of nitrogens with zero attached hydrogens (tertiary/aromatic N) is 4. The van der Waals surface area contributed by atoms with E-state index >= 15 is 0 Å². The molecule has 6 heteroatoms. The summed E-state index contributed by atoms with van der Waals surface area (Å²) in [6.07, 6.45) is 2.60. The molecule has 0 atom stereocenters. The molecular weight excluding hydrogens is 256 g/mol. The summed E-state index contributed by atoms with van der Waals surface area (Å²) in [5, 5.41) is 17.4. The molecule has 20 heavy (non-hydrogen) atoms. The second-order valence-electron chi connectivity index (χ2n) is 4.91. The fraction of sp³-hybridized carbons (Fsp3) is 0.357. The van der Waals surface area contributed by atoms with Crippen LogP contribution in [0.15, 0.2) is 36.5 Å². The Bertz CT molecular complexity index is 588. The molecule has 3 rings (SSSR count). The van der Waals surface area contributed by atoms with Crippen molar-refractivity contribution in [2.75, 3.05) is 13.1 Å². The Morgan fingerprint density at radius 3 is 2.60 bits per heavy atom. The predicted octanol–water partition coefficient (Wildman–Crippen LogP) is 0.864. The van der Waals surface area contributed by atoms with Crippen LogP contribution in [0.3, 0.4) is 0 Å². The lowest BCUT2D eigenvalue weighted by molar-refractivity contribution is 0.0541. The van der Waals surface area contributed by atoms with Crippen molar-refractivity contribution in [3.63, 3.8) is 0 Å². The van der Waals surface area contributed by atoms with Crippen LogP contribution in [0.25, 0.3) is 5.69 Å². The second-order valence-corrected chi connectivity index (χ2v) is 4.91. The quantitative estimate of drug-likeness (QED) is 0.880. The number of rotatable bonds is 2. The van der Waals surface area contributed by atoms with Crippen LogP contribution in [-0.2, 0) is 0 Å². The fourth-order valence-corrected chi connectivity index (χ4v) is 2.30. The summed E-state index contributed by atoms with van der Waals surface area (Å²) in [4.78, 5) is 14.0. The van der Waals surface area contributed by atoms with Gasteiger partial charge in [-0.25, -0.2) is 4.68 Å². The molecule has 1 aliphatic heterocycles. The first-order valence-electron chi connectivity index (χ1n) is 6.69. The molecular formula is C14H16N4O2. The maximum Gasteiger partial charge on any atom is 0.276 e. The Morgan fingerprint density at radius 2 is 1.90 bits per heavy atom. The molecule has 0 bridgehead atoms. The molecule has 1 fully saturated rings. The van der Waals surface area contributed by atoms with E-state index in [-0.39, 0.29) is 12.0 Å². The van der Waals surface area contributed by atoms with Crippen molar-refractivity contribution in [1.29, 1.82) is 0 Å². The lowest BCUT2D eigenvalue weighted by Gasteiger charge is -2.28. The van der Waals surface area contributed by atoms with Crippen molar-refractivity contribution in [2.24, 2.45) is 0 Å². The van der Waals surface area contributed by atoms with E-state index < -0.39 is 0 Å². The number of aromatic nitrogens is 3. The highest BCUT2D eigenvalue weighted by molar-refractivity contribution is 5.92. The molecule has 1 aromatic heterocycles. The number of likely N-dealkylation sites (tertiary alicyclic amines) is 1. The van der Waals surface area contributed by atoms with E-state index in [0.29, 0.717) is 31.6 Å². The van der Waals surface area contributed by atoms with E-state index in [9.17, 15) is 9.90 Å². The van der Waals surface area contributed by atoms with E-state index in [4.69, 9.17) is 0 Å². The van der Waals surface area contributed by atoms with E-state index in [1.807, 2.05) is 30.3 Å². The third-order valence-electron chi connectivity index (χ3n) is 3.48. The lowest BCUT2D eigenvalue weighted by Crippen LogP contribution is -2.40. The number of benzene rings is 1. The first kappa shape index (κ1) is 12.8. The third-order valence-corrected chi connectivity index (χ3v) is 3.48. The minimum Gasteiger partial charge on any atom is -0.393 e. The highest BCUT2D eigenvalue weighted by atomic mass is 16.3. The number of carbonyl (C=O) groups excluding carboxylic acids is 1. The SMILES string of the molecule is O=C(c1cn(-c2ccccc2)nn1)N1CCC(O)CC1. The van der Waals surface area contributed by atoms with Gasteiger partial charge >= 0.3 is 0 Å². The zero-order chi connectivity index (χ0) is 13.9. The van der Waals surface area contributed by atoms with Crippen molar-refractivity contribution in [3.8, 4) is 5.69 Å². The van der Waals surface area contributed by atoms with Crippen LogP contribution < -0.4 is 0 Å². The Balaban J connectivity index is 1.75. The first-order chi connectivity index (χ1) is 9.74. The van der Waals surface area contributed by atoms with Crippen molar-refractivity contribution < 1.29 is 9.90 Å².